The summed E-state index contributed by atoms with van der Waals surface area (Å²) in [6.07, 6.45) is 9.72. The van der Waals surface area contributed by atoms with Crippen LogP contribution in [0, 0.1) is 0 Å². The Bertz CT molecular complexity index is 420. The van der Waals surface area contributed by atoms with Gasteiger partial charge >= 0.3 is 5.97 Å². The lowest BCUT2D eigenvalue weighted by Crippen LogP contribution is -2.27. The second kappa shape index (κ2) is 10.5. The minimum Gasteiger partial charge on any atom is -0.460 e. The first-order valence-electron chi connectivity index (χ1n) is 8.44. The van der Waals surface area contributed by atoms with Gasteiger partial charge in [-0.05, 0) is 12.2 Å². The fraction of sp³-hybridized carbons (Fsp3) is 0.938. The normalized spacial score (nSPS) is 23.5. The number of unbranched alkanes of at least 4 members (excludes halogenated alkanes) is 7. The average Bonchev–Trinajstić information content (AvgIpc) is 2.70. The maximum Gasteiger partial charge on any atom is 0.302 e. The van der Waals surface area contributed by atoms with E-state index in [9.17, 15) is 13.2 Å². The number of hydrogen-bond acceptors (Lipinski definition) is 5. The molecular weight excluding hydrogens is 320 g/mol. The van der Waals surface area contributed by atoms with Crippen molar-refractivity contribution in [3.8, 4) is 0 Å². The van der Waals surface area contributed by atoms with E-state index in [1.165, 1.54) is 51.9 Å². The number of esters is 1. The van der Waals surface area contributed by atoms with Gasteiger partial charge in [0.2, 0.25) is 0 Å². The van der Waals surface area contributed by atoms with Crippen LogP contribution < -0.4 is 0 Å². The number of hydrogen-bond donors (Lipinski definition) is 0. The van der Waals surface area contributed by atoms with Crippen LogP contribution in [0.1, 0.15) is 65.2 Å². The molecule has 0 aromatic carbocycles. The van der Waals surface area contributed by atoms with Crippen molar-refractivity contribution < 1.29 is 17.9 Å². The third-order valence-electron chi connectivity index (χ3n) is 3.90. The molecule has 4 nitrogen and oxygen atoms in total. The molecule has 130 valence electrons. The maximum atomic E-state index is 11.7. The summed E-state index contributed by atoms with van der Waals surface area (Å²) in [5.74, 6) is 0.695. The largest absolute Gasteiger partial charge is 0.460 e. The molecule has 2 atom stereocenters. The second-order valence-electron chi connectivity index (χ2n) is 6.11. The summed E-state index contributed by atoms with van der Waals surface area (Å²) in [6, 6.07) is 0. The molecule has 1 saturated heterocycles. The van der Waals surface area contributed by atoms with E-state index < -0.39 is 15.9 Å². The summed E-state index contributed by atoms with van der Waals surface area (Å²) >= 11 is 1.65. The van der Waals surface area contributed by atoms with E-state index in [0.29, 0.717) is 0 Å². The van der Waals surface area contributed by atoms with E-state index in [4.69, 9.17) is 4.74 Å². The van der Waals surface area contributed by atoms with E-state index in [1.54, 1.807) is 11.8 Å². The zero-order chi connectivity index (χ0) is 16.4. The summed E-state index contributed by atoms with van der Waals surface area (Å²) in [4.78, 5) is 11.1. The van der Waals surface area contributed by atoms with E-state index in [-0.39, 0.29) is 22.7 Å². The number of sulfone groups is 1. The molecule has 6 heteroatoms. The highest BCUT2D eigenvalue weighted by atomic mass is 32.2. The summed E-state index contributed by atoms with van der Waals surface area (Å²) < 4.78 is 28.5. The molecule has 0 aliphatic carbocycles. The Morgan fingerprint density at radius 3 is 2.23 bits per heavy atom. The zero-order valence-corrected chi connectivity index (χ0v) is 15.5. The molecule has 1 aliphatic rings. The van der Waals surface area contributed by atoms with Gasteiger partial charge in [0.15, 0.2) is 9.84 Å². The highest BCUT2D eigenvalue weighted by Crippen LogP contribution is 2.28. The zero-order valence-electron chi connectivity index (χ0n) is 13.9. The summed E-state index contributed by atoms with van der Waals surface area (Å²) in [5, 5.41) is -0.0848. The number of ether oxygens (including phenoxy) is 1. The standard InChI is InChI=1S/C16H30O4S2/c1-3-4-5-6-7-8-9-10-11-21-16-13-22(18,19)12-15(16)20-14(2)17/h15-16H,3-13H2,1-2H3/t15-,16+/m1/s1. The summed E-state index contributed by atoms with van der Waals surface area (Å²) in [5.41, 5.74) is 0. The van der Waals surface area contributed by atoms with Crippen LogP contribution in [0.2, 0.25) is 0 Å². The molecule has 0 saturated carbocycles. The van der Waals surface area contributed by atoms with Gasteiger partial charge < -0.3 is 4.74 Å². The molecule has 0 spiro atoms. The molecule has 0 bridgehead atoms. The number of thioether (sulfide) groups is 1. The smallest absolute Gasteiger partial charge is 0.302 e. The molecule has 1 rings (SSSR count). The van der Waals surface area contributed by atoms with Gasteiger partial charge in [0, 0.05) is 6.92 Å². The number of rotatable bonds is 11. The van der Waals surface area contributed by atoms with Crippen LogP contribution >= 0.6 is 11.8 Å². The first-order valence-corrected chi connectivity index (χ1v) is 11.3. The van der Waals surface area contributed by atoms with Gasteiger partial charge in [0.25, 0.3) is 0 Å². The molecule has 22 heavy (non-hydrogen) atoms. The Labute approximate surface area is 139 Å². The van der Waals surface area contributed by atoms with Gasteiger partial charge in [0.1, 0.15) is 6.10 Å². The minimum atomic E-state index is -3.05. The topological polar surface area (TPSA) is 60.4 Å². The van der Waals surface area contributed by atoms with Gasteiger partial charge in [-0.2, -0.15) is 11.8 Å². The number of carbonyl (C=O) groups is 1. The highest BCUT2D eigenvalue weighted by molar-refractivity contribution is 8.01. The van der Waals surface area contributed by atoms with E-state index >= 15 is 0 Å². The molecular formula is C16H30O4S2. The van der Waals surface area contributed by atoms with Crippen molar-refractivity contribution in [1.29, 1.82) is 0 Å². The van der Waals surface area contributed by atoms with Crippen LogP contribution in [0.3, 0.4) is 0 Å². The van der Waals surface area contributed by atoms with E-state index in [2.05, 4.69) is 6.92 Å². The highest BCUT2D eigenvalue weighted by Gasteiger charge is 2.39. The maximum absolute atomic E-state index is 11.7. The first-order chi connectivity index (χ1) is 10.4. The quantitative estimate of drug-likeness (QED) is 0.421. The Morgan fingerprint density at radius 1 is 1.05 bits per heavy atom. The SMILES string of the molecule is CCCCCCCCCCS[C@H]1CS(=O)(=O)C[C@H]1OC(C)=O. The van der Waals surface area contributed by atoms with Crippen LogP contribution in [0.15, 0.2) is 0 Å². The van der Waals surface area contributed by atoms with Gasteiger partial charge in [-0.1, -0.05) is 51.9 Å². The van der Waals surface area contributed by atoms with Gasteiger partial charge in [0.05, 0.1) is 16.8 Å². The third kappa shape index (κ3) is 8.42. The Hall–Kier alpha value is -0.230. The molecule has 0 amide bonds. The molecule has 0 N–H and O–H groups in total. The van der Waals surface area contributed by atoms with Crippen LogP contribution in [0.4, 0.5) is 0 Å². The van der Waals surface area contributed by atoms with Crippen molar-refractivity contribution >= 4 is 27.6 Å². The molecule has 0 unspecified atom stereocenters. The number of carbonyl (C=O) groups excluding carboxylic acids is 1. The Balaban J connectivity index is 2.13. The van der Waals surface area contributed by atoms with E-state index in [0.717, 1.165) is 12.2 Å². The van der Waals surface area contributed by atoms with Crippen molar-refractivity contribution in [2.24, 2.45) is 0 Å². The van der Waals surface area contributed by atoms with Crippen molar-refractivity contribution in [1.82, 2.24) is 0 Å². The predicted molar refractivity (Wildman–Crippen MR) is 93.1 cm³/mol. The molecule has 0 radical (unpaired) electrons. The predicted octanol–water partition coefficient (Wildman–Crippen LogP) is 3.59. The van der Waals surface area contributed by atoms with Gasteiger partial charge in [-0.15, -0.1) is 0 Å². The van der Waals surface area contributed by atoms with Gasteiger partial charge in [-0.25, -0.2) is 8.42 Å². The lowest BCUT2D eigenvalue weighted by atomic mass is 10.1. The molecule has 1 fully saturated rings. The first kappa shape index (κ1) is 19.8. The van der Waals surface area contributed by atoms with E-state index in [1.807, 2.05) is 0 Å². The van der Waals surface area contributed by atoms with Crippen LogP contribution in [-0.4, -0.2) is 43.0 Å². The molecule has 1 aliphatic heterocycles. The minimum absolute atomic E-state index is 0.0122. The Kier molecular flexibility index (Phi) is 9.48. The molecule has 0 aromatic heterocycles. The molecule has 0 aromatic rings. The molecule has 1 heterocycles. The Morgan fingerprint density at radius 2 is 1.64 bits per heavy atom. The monoisotopic (exact) mass is 350 g/mol. The van der Waals surface area contributed by atoms with Crippen molar-refractivity contribution in [3.05, 3.63) is 0 Å². The lowest BCUT2D eigenvalue weighted by Gasteiger charge is -2.17. The summed E-state index contributed by atoms with van der Waals surface area (Å²) in [7, 11) is -3.05. The summed E-state index contributed by atoms with van der Waals surface area (Å²) in [6.45, 7) is 3.56. The van der Waals surface area contributed by atoms with Crippen molar-refractivity contribution in [3.63, 3.8) is 0 Å². The van der Waals surface area contributed by atoms with Crippen molar-refractivity contribution in [2.75, 3.05) is 17.3 Å². The second-order valence-corrected chi connectivity index (χ2v) is 9.61. The fourth-order valence-corrected chi connectivity index (χ4v) is 6.55. The van der Waals surface area contributed by atoms with Crippen LogP contribution in [0.25, 0.3) is 0 Å². The van der Waals surface area contributed by atoms with Crippen LogP contribution in [-0.2, 0) is 19.4 Å². The van der Waals surface area contributed by atoms with Gasteiger partial charge in [-0.3, -0.25) is 4.79 Å². The van der Waals surface area contributed by atoms with Crippen LogP contribution in [0.5, 0.6) is 0 Å². The lowest BCUT2D eigenvalue weighted by molar-refractivity contribution is -0.144. The van der Waals surface area contributed by atoms with Crippen molar-refractivity contribution in [2.45, 2.75) is 76.6 Å². The average molecular weight is 351 g/mol. The third-order valence-corrected chi connectivity index (χ3v) is 7.24. The fourth-order valence-electron chi connectivity index (χ4n) is 2.73.